The molecular formula is C17H25FO. The quantitative estimate of drug-likeness (QED) is 0.868. The highest BCUT2D eigenvalue weighted by molar-refractivity contribution is 5.19. The lowest BCUT2D eigenvalue weighted by Crippen LogP contribution is -2.47. The number of halogens is 1. The third-order valence-corrected chi connectivity index (χ3v) is 4.57. The first-order chi connectivity index (χ1) is 8.90. The normalized spacial score (nSPS) is 31.7. The fraction of sp³-hybridized carbons (Fsp3) is 0.647. The average molecular weight is 264 g/mol. The second kappa shape index (κ2) is 5.62. The van der Waals surface area contributed by atoms with Crippen LogP contribution in [0.15, 0.2) is 24.3 Å². The van der Waals surface area contributed by atoms with E-state index in [1.165, 1.54) is 12.5 Å². The highest BCUT2D eigenvalue weighted by Gasteiger charge is 2.42. The van der Waals surface area contributed by atoms with Crippen molar-refractivity contribution in [2.75, 3.05) is 0 Å². The second-order valence-electron chi connectivity index (χ2n) is 6.65. The molecule has 0 saturated heterocycles. The van der Waals surface area contributed by atoms with Crippen molar-refractivity contribution in [1.29, 1.82) is 0 Å². The first-order valence-corrected chi connectivity index (χ1v) is 7.37. The van der Waals surface area contributed by atoms with Crippen LogP contribution in [0.4, 0.5) is 4.39 Å². The van der Waals surface area contributed by atoms with Crippen molar-refractivity contribution in [2.45, 2.75) is 52.1 Å². The maximum absolute atomic E-state index is 13.3. The van der Waals surface area contributed by atoms with Crippen molar-refractivity contribution in [3.8, 4) is 0 Å². The van der Waals surface area contributed by atoms with E-state index in [2.05, 4.69) is 20.8 Å². The number of rotatable bonds is 3. The van der Waals surface area contributed by atoms with Gasteiger partial charge in [-0.25, -0.2) is 4.39 Å². The number of benzene rings is 1. The van der Waals surface area contributed by atoms with Gasteiger partial charge in [0.2, 0.25) is 0 Å². The van der Waals surface area contributed by atoms with E-state index in [0.717, 1.165) is 18.4 Å². The largest absolute Gasteiger partial charge is 0.389 e. The zero-order chi connectivity index (χ0) is 14.0. The van der Waals surface area contributed by atoms with Crippen LogP contribution in [0.25, 0.3) is 0 Å². The van der Waals surface area contributed by atoms with Crippen molar-refractivity contribution >= 4 is 0 Å². The van der Waals surface area contributed by atoms with Gasteiger partial charge in [0, 0.05) is 6.42 Å². The lowest BCUT2D eigenvalue weighted by molar-refractivity contribution is -0.0795. The smallest absolute Gasteiger partial charge is 0.123 e. The fourth-order valence-electron chi connectivity index (χ4n) is 3.75. The molecule has 1 aromatic carbocycles. The molecule has 1 aliphatic rings. The summed E-state index contributed by atoms with van der Waals surface area (Å²) in [6.07, 6.45) is 3.66. The summed E-state index contributed by atoms with van der Waals surface area (Å²) in [5.74, 6) is 1.11. The molecule has 1 fully saturated rings. The molecule has 0 aromatic heterocycles. The Balaban J connectivity index is 2.21. The molecule has 3 atom stereocenters. The van der Waals surface area contributed by atoms with E-state index < -0.39 is 5.60 Å². The maximum atomic E-state index is 13.3. The number of aliphatic hydroxyl groups is 1. The summed E-state index contributed by atoms with van der Waals surface area (Å²) < 4.78 is 13.3. The van der Waals surface area contributed by atoms with Gasteiger partial charge in [0.1, 0.15) is 5.82 Å². The highest BCUT2D eigenvalue weighted by atomic mass is 19.1. The first-order valence-electron chi connectivity index (χ1n) is 7.37. The highest BCUT2D eigenvalue weighted by Crippen LogP contribution is 2.42. The van der Waals surface area contributed by atoms with Crippen molar-refractivity contribution in [3.05, 3.63) is 35.6 Å². The SMILES string of the molecule is CC1CCC(C(C)C)C(O)(Cc2cccc(F)c2)C1. The minimum atomic E-state index is -0.681. The van der Waals surface area contributed by atoms with Crippen LogP contribution in [-0.2, 0) is 6.42 Å². The lowest BCUT2D eigenvalue weighted by atomic mass is 9.65. The molecule has 19 heavy (non-hydrogen) atoms. The van der Waals surface area contributed by atoms with Crippen LogP contribution in [0.3, 0.4) is 0 Å². The van der Waals surface area contributed by atoms with Crippen LogP contribution in [0.5, 0.6) is 0 Å². The summed E-state index contributed by atoms with van der Waals surface area (Å²) in [5.41, 5.74) is 0.224. The molecule has 1 saturated carbocycles. The molecular weight excluding hydrogens is 239 g/mol. The molecule has 0 bridgehead atoms. The van der Waals surface area contributed by atoms with Crippen molar-refractivity contribution < 1.29 is 9.50 Å². The Bertz CT molecular complexity index is 429. The summed E-state index contributed by atoms with van der Waals surface area (Å²) in [4.78, 5) is 0. The summed E-state index contributed by atoms with van der Waals surface area (Å²) in [6, 6.07) is 6.65. The molecule has 0 amide bonds. The van der Waals surface area contributed by atoms with Gasteiger partial charge in [0.05, 0.1) is 5.60 Å². The van der Waals surface area contributed by atoms with Crippen LogP contribution in [0.1, 0.15) is 45.6 Å². The molecule has 2 heteroatoms. The Morgan fingerprint density at radius 3 is 2.74 bits per heavy atom. The van der Waals surface area contributed by atoms with E-state index in [1.54, 1.807) is 12.1 Å². The fourth-order valence-corrected chi connectivity index (χ4v) is 3.75. The molecule has 3 unspecified atom stereocenters. The topological polar surface area (TPSA) is 20.2 Å². The molecule has 0 aliphatic heterocycles. The Labute approximate surface area is 115 Å². The predicted molar refractivity (Wildman–Crippen MR) is 76.4 cm³/mol. The Hall–Kier alpha value is -0.890. The van der Waals surface area contributed by atoms with Crippen LogP contribution in [-0.4, -0.2) is 10.7 Å². The molecule has 0 heterocycles. The van der Waals surface area contributed by atoms with Crippen molar-refractivity contribution in [1.82, 2.24) is 0 Å². The van der Waals surface area contributed by atoms with Gasteiger partial charge in [-0.15, -0.1) is 0 Å². The van der Waals surface area contributed by atoms with E-state index >= 15 is 0 Å². The van der Waals surface area contributed by atoms with Gasteiger partial charge < -0.3 is 5.11 Å². The van der Waals surface area contributed by atoms with Crippen molar-refractivity contribution in [3.63, 3.8) is 0 Å². The zero-order valence-electron chi connectivity index (χ0n) is 12.2. The van der Waals surface area contributed by atoms with E-state index in [-0.39, 0.29) is 5.82 Å². The van der Waals surface area contributed by atoms with Crippen LogP contribution in [0.2, 0.25) is 0 Å². The van der Waals surface area contributed by atoms with E-state index in [4.69, 9.17) is 0 Å². The summed E-state index contributed by atoms with van der Waals surface area (Å²) in [7, 11) is 0. The minimum absolute atomic E-state index is 0.217. The lowest BCUT2D eigenvalue weighted by Gasteiger charge is -2.45. The molecule has 0 spiro atoms. The summed E-state index contributed by atoms with van der Waals surface area (Å²) in [5, 5.41) is 11.1. The molecule has 106 valence electrons. The summed E-state index contributed by atoms with van der Waals surface area (Å²) >= 11 is 0. The van der Waals surface area contributed by atoms with Gasteiger partial charge in [-0.05, 0) is 48.3 Å². The van der Waals surface area contributed by atoms with Gasteiger partial charge in [-0.2, -0.15) is 0 Å². The molecule has 1 aromatic rings. The third kappa shape index (κ3) is 3.36. The second-order valence-corrected chi connectivity index (χ2v) is 6.65. The monoisotopic (exact) mass is 264 g/mol. The molecule has 0 radical (unpaired) electrons. The zero-order valence-corrected chi connectivity index (χ0v) is 12.2. The Morgan fingerprint density at radius 1 is 1.37 bits per heavy atom. The van der Waals surface area contributed by atoms with Gasteiger partial charge in [0.15, 0.2) is 0 Å². The standard InChI is InChI=1S/C17H25FO/c1-12(2)16-8-7-13(3)10-17(16,19)11-14-5-4-6-15(18)9-14/h4-6,9,12-13,16,19H,7-8,10-11H2,1-3H3. The first kappa shape index (κ1) is 14.5. The van der Waals surface area contributed by atoms with Crippen LogP contribution >= 0.6 is 0 Å². The Morgan fingerprint density at radius 2 is 2.11 bits per heavy atom. The van der Waals surface area contributed by atoms with Gasteiger partial charge >= 0.3 is 0 Å². The predicted octanol–water partition coefficient (Wildman–Crippen LogP) is 4.19. The molecule has 1 N–H and O–H groups in total. The number of hydrogen-bond donors (Lipinski definition) is 1. The van der Waals surface area contributed by atoms with E-state index in [0.29, 0.717) is 24.2 Å². The van der Waals surface area contributed by atoms with Crippen LogP contribution in [0, 0.1) is 23.6 Å². The van der Waals surface area contributed by atoms with E-state index in [9.17, 15) is 9.50 Å². The minimum Gasteiger partial charge on any atom is -0.389 e. The third-order valence-electron chi connectivity index (χ3n) is 4.57. The summed E-state index contributed by atoms with van der Waals surface area (Å²) in [6.45, 7) is 6.56. The Kier molecular flexibility index (Phi) is 4.29. The van der Waals surface area contributed by atoms with Gasteiger partial charge in [0.25, 0.3) is 0 Å². The van der Waals surface area contributed by atoms with E-state index in [1.807, 2.05) is 6.07 Å². The molecule has 1 aliphatic carbocycles. The van der Waals surface area contributed by atoms with Crippen molar-refractivity contribution in [2.24, 2.45) is 17.8 Å². The maximum Gasteiger partial charge on any atom is 0.123 e. The molecule has 2 rings (SSSR count). The van der Waals surface area contributed by atoms with Gasteiger partial charge in [-0.1, -0.05) is 39.3 Å². The average Bonchev–Trinajstić information content (AvgIpc) is 2.27. The molecule has 1 nitrogen and oxygen atoms in total. The van der Waals surface area contributed by atoms with Gasteiger partial charge in [-0.3, -0.25) is 0 Å². The number of hydrogen-bond acceptors (Lipinski definition) is 1. The van der Waals surface area contributed by atoms with Crippen LogP contribution < -0.4 is 0 Å².